The van der Waals surface area contributed by atoms with Crippen molar-refractivity contribution in [1.29, 1.82) is 0 Å². The van der Waals surface area contributed by atoms with Crippen molar-refractivity contribution in [1.82, 2.24) is 0 Å². The third-order valence-corrected chi connectivity index (χ3v) is 13.9. The van der Waals surface area contributed by atoms with Crippen molar-refractivity contribution in [3.05, 3.63) is 103 Å². The smallest absolute Gasteiger partial charge is 0.206 e. The van der Waals surface area contributed by atoms with E-state index in [0.717, 1.165) is 11.5 Å². The number of aryl methyl sites for hydroxylation is 1. The summed E-state index contributed by atoms with van der Waals surface area (Å²) in [7, 11) is -7.38. The molecule has 0 amide bonds. The molecule has 0 radical (unpaired) electrons. The van der Waals surface area contributed by atoms with Crippen LogP contribution < -0.4 is 14.2 Å². The maximum absolute atomic E-state index is 13.4. The number of ether oxygens (including phenoxy) is 5. The Balaban J connectivity index is 0.913. The number of rotatable bonds is 12. The van der Waals surface area contributed by atoms with Crippen LogP contribution in [0, 0.1) is 18.8 Å². The van der Waals surface area contributed by atoms with E-state index >= 15 is 0 Å². The van der Waals surface area contributed by atoms with Gasteiger partial charge in [-0.2, -0.15) is 0 Å². The van der Waals surface area contributed by atoms with Gasteiger partial charge in [0, 0.05) is 0 Å². The summed E-state index contributed by atoms with van der Waals surface area (Å²) < 4.78 is 83.2. The molecular weight excluding hydrogens is 689 g/mol. The first-order valence-corrected chi connectivity index (χ1v) is 20.6. The van der Waals surface area contributed by atoms with Gasteiger partial charge < -0.3 is 23.7 Å². The lowest BCUT2D eigenvalue weighted by Gasteiger charge is -2.27. The molecule has 3 aliphatic rings. The molecule has 2 aliphatic heterocycles. The monoisotopic (exact) mass is 732 g/mol. The molecule has 0 aromatic heterocycles. The van der Waals surface area contributed by atoms with Crippen LogP contribution in [-0.4, -0.2) is 61.1 Å². The zero-order chi connectivity index (χ0) is 35.6. The first-order valence-electron chi connectivity index (χ1n) is 17.7. The van der Waals surface area contributed by atoms with E-state index in [0.29, 0.717) is 29.8 Å². The highest BCUT2D eigenvalue weighted by molar-refractivity contribution is 7.91. The Bertz CT molecular complexity index is 1990. The number of sulfone groups is 2. The normalized spacial score (nSPS) is 24.9. The Morgan fingerprint density at radius 2 is 0.922 bits per heavy atom. The molecule has 4 unspecified atom stereocenters. The van der Waals surface area contributed by atoms with Gasteiger partial charge in [-0.1, -0.05) is 43.9 Å². The van der Waals surface area contributed by atoms with Crippen LogP contribution in [0.4, 0.5) is 0 Å². The van der Waals surface area contributed by atoms with Crippen molar-refractivity contribution in [3.8, 4) is 17.2 Å². The third-order valence-electron chi connectivity index (χ3n) is 10.3. The van der Waals surface area contributed by atoms with Crippen LogP contribution in [0.2, 0.25) is 0 Å². The van der Waals surface area contributed by atoms with Gasteiger partial charge in [0.2, 0.25) is 19.7 Å². The largest absolute Gasteiger partial charge is 0.493 e. The van der Waals surface area contributed by atoms with E-state index in [9.17, 15) is 16.8 Å². The van der Waals surface area contributed by atoms with E-state index in [1.54, 1.807) is 84.9 Å². The lowest BCUT2D eigenvalue weighted by atomic mass is 9.81. The maximum atomic E-state index is 13.4. The number of hydrogen-bond donors (Lipinski definition) is 0. The molecule has 11 heteroatoms. The molecule has 3 fully saturated rings. The molecule has 0 bridgehead atoms. The minimum atomic E-state index is -3.73. The summed E-state index contributed by atoms with van der Waals surface area (Å²) in [6.07, 6.45) is 4.54. The minimum absolute atomic E-state index is 0.167. The van der Waals surface area contributed by atoms with Crippen molar-refractivity contribution in [2.75, 3.05) is 19.8 Å². The fourth-order valence-electron chi connectivity index (χ4n) is 7.10. The van der Waals surface area contributed by atoms with Crippen LogP contribution in [0.3, 0.4) is 0 Å². The summed E-state index contributed by atoms with van der Waals surface area (Å²) in [5, 5.41) is 0. The van der Waals surface area contributed by atoms with Crippen LogP contribution in [0.15, 0.2) is 117 Å². The first kappa shape index (κ1) is 35.5. The SMILES string of the molecule is CCC1CCC(COc2ccc(S(=O)(=O)c3ccc(OC4COC5C(Oc6ccc(S(=O)(=O)c7ccc(C)cc7)cc6)COC45)cc3)cc2)CC1. The van der Waals surface area contributed by atoms with Gasteiger partial charge in [-0.3, -0.25) is 0 Å². The summed E-state index contributed by atoms with van der Waals surface area (Å²) >= 11 is 0. The lowest BCUT2D eigenvalue weighted by molar-refractivity contribution is 0.0181. The molecule has 4 atom stereocenters. The summed E-state index contributed by atoms with van der Waals surface area (Å²) in [5.74, 6) is 3.07. The molecule has 1 aliphatic carbocycles. The molecular formula is C40H44O9S2. The Labute approximate surface area is 300 Å². The van der Waals surface area contributed by atoms with Gasteiger partial charge in [0.1, 0.15) is 29.5 Å². The molecule has 7 rings (SSSR count). The van der Waals surface area contributed by atoms with E-state index in [2.05, 4.69) is 6.92 Å². The number of benzene rings is 4. The van der Waals surface area contributed by atoms with Gasteiger partial charge in [-0.15, -0.1) is 0 Å². The second-order valence-corrected chi connectivity index (χ2v) is 17.6. The molecule has 270 valence electrons. The molecule has 4 aromatic rings. The topological polar surface area (TPSA) is 114 Å². The van der Waals surface area contributed by atoms with Crippen LogP contribution in [-0.2, 0) is 29.1 Å². The van der Waals surface area contributed by atoms with E-state index in [4.69, 9.17) is 23.7 Å². The zero-order valence-electron chi connectivity index (χ0n) is 28.8. The zero-order valence-corrected chi connectivity index (χ0v) is 30.5. The van der Waals surface area contributed by atoms with E-state index in [1.807, 2.05) is 6.92 Å². The Kier molecular flexibility index (Phi) is 10.4. The molecule has 0 spiro atoms. The minimum Gasteiger partial charge on any atom is -0.493 e. The van der Waals surface area contributed by atoms with Crippen LogP contribution in [0.1, 0.15) is 44.6 Å². The van der Waals surface area contributed by atoms with Crippen molar-refractivity contribution in [3.63, 3.8) is 0 Å². The van der Waals surface area contributed by atoms with E-state index < -0.39 is 31.9 Å². The van der Waals surface area contributed by atoms with Gasteiger partial charge in [-0.05, 0) is 117 Å². The van der Waals surface area contributed by atoms with Crippen molar-refractivity contribution in [2.24, 2.45) is 11.8 Å². The van der Waals surface area contributed by atoms with Gasteiger partial charge in [0.15, 0.2) is 12.2 Å². The fourth-order valence-corrected chi connectivity index (χ4v) is 9.62. The second kappa shape index (κ2) is 15.0. The van der Waals surface area contributed by atoms with Crippen LogP contribution >= 0.6 is 0 Å². The predicted octanol–water partition coefficient (Wildman–Crippen LogP) is 7.25. The number of fused-ring (bicyclic) bond motifs is 1. The highest BCUT2D eigenvalue weighted by Gasteiger charge is 2.50. The van der Waals surface area contributed by atoms with Gasteiger partial charge in [-0.25, -0.2) is 16.8 Å². The van der Waals surface area contributed by atoms with E-state index in [-0.39, 0.29) is 45.0 Å². The Hall–Kier alpha value is -3.90. The predicted molar refractivity (Wildman–Crippen MR) is 191 cm³/mol. The lowest BCUT2D eigenvalue weighted by Crippen LogP contribution is -2.36. The molecule has 0 N–H and O–H groups in total. The molecule has 51 heavy (non-hydrogen) atoms. The van der Waals surface area contributed by atoms with Crippen LogP contribution in [0.25, 0.3) is 0 Å². The molecule has 4 aromatic carbocycles. The molecule has 2 heterocycles. The van der Waals surface area contributed by atoms with Crippen LogP contribution in [0.5, 0.6) is 17.2 Å². The van der Waals surface area contributed by atoms with Gasteiger partial charge in [0.25, 0.3) is 0 Å². The highest BCUT2D eigenvalue weighted by atomic mass is 32.2. The van der Waals surface area contributed by atoms with Crippen molar-refractivity contribution >= 4 is 19.7 Å². The number of hydrogen-bond acceptors (Lipinski definition) is 9. The summed E-state index contributed by atoms with van der Waals surface area (Å²) in [4.78, 5) is 0.786. The fraction of sp³-hybridized carbons (Fsp3) is 0.400. The first-order chi connectivity index (χ1) is 24.6. The summed E-state index contributed by atoms with van der Waals surface area (Å²) in [6.45, 7) is 5.38. The summed E-state index contributed by atoms with van der Waals surface area (Å²) in [6, 6.07) is 26.1. The maximum Gasteiger partial charge on any atom is 0.206 e. The standard InChI is InChI=1S/C40H44O9S2/c1-3-28-6-8-29(9-7-28)24-45-30-10-18-34(19-11-30)51(43,44)36-22-14-32(15-23-36)49-38-26-47-39-37(25-46-40(38)39)48-31-12-20-35(21-13-31)50(41,42)33-16-4-27(2)5-17-33/h4-5,10-23,28-29,37-40H,3,6-9,24-26H2,1-2H3. The van der Waals surface area contributed by atoms with E-state index in [1.165, 1.54) is 44.2 Å². The molecule has 1 saturated carbocycles. The third kappa shape index (κ3) is 7.82. The van der Waals surface area contributed by atoms with Gasteiger partial charge in [0.05, 0.1) is 39.4 Å². The van der Waals surface area contributed by atoms with Crippen molar-refractivity contribution < 1.29 is 40.5 Å². The Morgan fingerprint density at radius 3 is 1.33 bits per heavy atom. The van der Waals surface area contributed by atoms with Gasteiger partial charge >= 0.3 is 0 Å². The summed E-state index contributed by atoms with van der Waals surface area (Å²) in [5.41, 5.74) is 0.984. The Morgan fingerprint density at radius 1 is 0.549 bits per heavy atom. The highest BCUT2D eigenvalue weighted by Crippen LogP contribution is 2.34. The molecule has 2 saturated heterocycles. The average molecular weight is 733 g/mol. The second-order valence-electron chi connectivity index (χ2n) is 13.7. The average Bonchev–Trinajstić information content (AvgIpc) is 3.74. The molecule has 9 nitrogen and oxygen atoms in total. The van der Waals surface area contributed by atoms with Crippen molar-refractivity contribution in [2.45, 2.75) is 89.9 Å². The quantitative estimate of drug-likeness (QED) is 0.149.